The van der Waals surface area contributed by atoms with E-state index in [-0.39, 0.29) is 6.10 Å². The van der Waals surface area contributed by atoms with E-state index in [9.17, 15) is 5.11 Å². The lowest BCUT2D eigenvalue weighted by atomic mass is 9.78. The quantitative estimate of drug-likeness (QED) is 0.883. The fraction of sp³-hybridized carbons (Fsp3) is 0.647. The molecule has 0 aliphatic heterocycles. The topological polar surface area (TPSA) is 29.5 Å². The van der Waals surface area contributed by atoms with Gasteiger partial charge in [-0.15, -0.1) is 0 Å². The third-order valence-electron chi connectivity index (χ3n) is 4.53. The summed E-state index contributed by atoms with van der Waals surface area (Å²) in [7, 11) is 0. The first-order valence-corrected chi connectivity index (χ1v) is 7.67. The summed E-state index contributed by atoms with van der Waals surface area (Å²) in [5.41, 5.74) is 1.03. The number of benzene rings is 1. The summed E-state index contributed by atoms with van der Waals surface area (Å²) < 4.78 is 5.81. The SMILES string of the molecule is CC1CCC(C(O)c2cccc(OC3CC3)c2)CC1. The van der Waals surface area contributed by atoms with Crippen LogP contribution in [0.2, 0.25) is 0 Å². The Labute approximate surface area is 115 Å². The Morgan fingerprint density at radius 3 is 2.53 bits per heavy atom. The molecule has 0 radical (unpaired) electrons. The highest BCUT2D eigenvalue weighted by atomic mass is 16.5. The molecule has 2 fully saturated rings. The highest BCUT2D eigenvalue weighted by Crippen LogP contribution is 2.37. The highest BCUT2D eigenvalue weighted by Gasteiger charge is 2.27. The van der Waals surface area contributed by atoms with Crippen molar-refractivity contribution in [2.45, 2.75) is 57.7 Å². The zero-order chi connectivity index (χ0) is 13.2. The summed E-state index contributed by atoms with van der Waals surface area (Å²) in [6.07, 6.45) is 7.24. The second kappa shape index (κ2) is 5.54. The third-order valence-corrected chi connectivity index (χ3v) is 4.53. The zero-order valence-corrected chi connectivity index (χ0v) is 11.7. The van der Waals surface area contributed by atoms with E-state index in [1.54, 1.807) is 0 Å². The lowest BCUT2D eigenvalue weighted by Gasteiger charge is -2.30. The predicted octanol–water partition coefficient (Wildman–Crippen LogP) is 4.09. The van der Waals surface area contributed by atoms with Crippen molar-refractivity contribution in [2.75, 3.05) is 0 Å². The van der Waals surface area contributed by atoms with Crippen molar-refractivity contribution in [3.05, 3.63) is 29.8 Å². The van der Waals surface area contributed by atoms with Gasteiger partial charge in [0, 0.05) is 0 Å². The van der Waals surface area contributed by atoms with E-state index in [0.717, 1.165) is 30.1 Å². The molecule has 2 saturated carbocycles. The van der Waals surface area contributed by atoms with E-state index in [0.29, 0.717) is 12.0 Å². The van der Waals surface area contributed by atoms with Gasteiger partial charge >= 0.3 is 0 Å². The van der Waals surface area contributed by atoms with Gasteiger partial charge in [0.15, 0.2) is 0 Å². The van der Waals surface area contributed by atoms with Crippen LogP contribution in [0.25, 0.3) is 0 Å². The van der Waals surface area contributed by atoms with Gasteiger partial charge in [-0.2, -0.15) is 0 Å². The smallest absolute Gasteiger partial charge is 0.120 e. The minimum absolute atomic E-state index is 0.324. The molecule has 104 valence electrons. The van der Waals surface area contributed by atoms with E-state index in [1.807, 2.05) is 24.3 Å². The molecule has 19 heavy (non-hydrogen) atoms. The molecule has 0 spiro atoms. The molecule has 2 aliphatic carbocycles. The minimum Gasteiger partial charge on any atom is -0.490 e. The molecule has 1 aromatic carbocycles. The molecule has 0 saturated heterocycles. The van der Waals surface area contributed by atoms with Gasteiger partial charge in [0.2, 0.25) is 0 Å². The van der Waals surface area contributed by atoms with Crippen LogP contribution in [0.15, 0.2) is 24.3 Å². The molecule has 1 N–H and O–H groups in total. The van der Waals surface area contributed by atoms with Gasteiger partial charge in [-0.1, -0.05) is 31.9 Å². The summed E-state index contributed by atoms with van der Waals surface area (Å²) in [5, 5.41) is 10.6. The van der Waals surface area contributed by atoms with Crippen LogP contribution in [0.3, 0.4) is 0 Å². The standard InChI is InChI=1S/C17H24O2/c1-12-5-7-13(8-6-12)17(18)14-3-2-4-16(11-14)19-15-9-10-15/h2-4,11-13,15,17-18H,5-10H2,1H3. The van der Waals surface area contributed by atoms with Crippen LogP contribution in [0.4, 0.5) is 0 Å². The van der Waals surface area contributed by atoms with Gasteiger partial charge in [-0.05, 0) is 55.2 Å². The maximum absolute atomic E-state index is 10.6. The maximum atomic E-state index is 10.6. The highest BCUT2D eigenvalue weighted by molar-refractivity contribution is 5.30. The van der Waals surface area contributed by atoms with Crippen LogP contribution in [-0.2, 0) is 0 Å². The van der Waals surface area contributed by atoms with Crippen LogP contribution >= 0.6 is 0 Å². The van der Waals surface area contributed by atoms with Gasteiger partial charge in [-0.25, -0.2) is 0 Å². The van der Waals surface area contributed by atoms with Crippen LogP contribution in [-0.4, -0.2) is 11.2 Å². The first-order chi connectivity index (χ1) is 9.22. The average molecular weight is 260 g/mol. The molecule has 0 amide bonds. The van der Waals surface area contributed by atoms with Crippen molar-refractivity contribution >= 4 is 0 Å². The van der Waals surface area contributed by atoms with Crippen LogP contribution in [0.5, 0.6) is 5.75 Å². The number of aliphatic hydroxyl groups is 1. The van der Waals surface area contributed by atoms with Crippen LogP contribution in [0.1, 0.15) is 57.1 Å². The van der Waals surface area contributed by atoms with Crippen LogP contribution in [0, 0.1) is 11.8 Å². The maximum Gasteiger partial charge on any atom is 0.120 e. The van der Waals surface area contributed by atoms with Crippen molar-refractivity contribution < 1.29 is 9.84 Å². The molecule has 2 heteroatoms. The van der Waals surface area contributed by atoms with E-state index in [4.69, 9.17) is 4.74 Å². The molecule has 1 unspecified atom stereocenters. The van der Waals surface area contributed by atoms with Crippen LogP contribution < -0.4 is 4.74 Å². The minimum atomic E-state index is -0.324. The number of hydrogen-bond acceptors (Lipinski definition) is 2. The zero-order valence-electron chi connectivity index (χ0n) is 11.7. The number of hydrogen-bond donors (Lipinski definition) is 1. The summed E-state index contributed by atoms with van der Waals surface area (Å²) in [6, 6.07) is 8.06. The Kier molecular flexibility index (Phi) is 3.79. The van der Waals surface area contributed by atoms with E-state index >= 15 is 0 Å². The summed E-state index contributed by atoms with van der Waals surface area (Å²) in [4.78, 5) is 0. The second-order valence-electron chi connectivity index (χ2n) is 6.35. The Bertz CT molecular complexity index is 417. The molecule has 2 aliphatic rings. The van der Waals surface area contributed by atoms with Gasteiger partial charge in [-0.3, -0.25) is 0 Å². The molecule has 0 bridgehead atoms. The van der Waals surface area contributed by atoms with Crippen molar-refractivity contribution in [1.29, 1.82) is 0 Å². The lowest BCUT2D eigenvalue weighted by Crippen LogP contribution is -2.19. The fourth-order valence-electron chi connectivity index (χ4n) is 3.02. The molecular weight excluding hydrogens is 236 g/mol. The number of ether oxygens (including phenoxy) is 1. The molecular formula is C17H24O2. The molecule has 0 aromatic heterocycles. The van der Waals surface area contributed by atoms with Gasteiger partial charge in [0.1, 0.15) is 5.75 Å². The fourth-order valence-corrected chi connectivity index (χ4v) is 3.02. The monoisotopic (exact) mass is 260 g/mol. The Balaban J connectivity index is 1.66. The Morgan fingerprint density at radius 1 is 1.11 bits per heavy atom. The van der Waals surface area contributed by atoms with Crippen molar-refractivity contribution in [2.24, 2.45) is 11.8 Å². The van der Waals surface area contributed by atoms with Gasteiger partial charge in [0.25, 0.3) is 0 Å². The predicted molar refractivity (Wildman–Crippen MR) is 76.2 cm³/mol. The molecule has 0 heterocycles. The first kappa shape index (κ1) is 13.0. The van der Waals surface area contributed by atoms with Crippen molar-refractivity contribution in [1.82, 2.24) is 0 Å². The molecule has 2 nitrogen and oxygen atoms in total. The van der Waals surface area contributed by atoms with Crippen molar-refractivity contribution in [3.63, 3.8) is 0 Å². The Hall–Kier alpha value is -1.02. The Morgan fingerprint density at radius 2 is 1.84 bits per heavy atom. The largest absolute Gasteiger partial charge is 0.490 e. The van der Waals surface area contributed by atoms with Gasteiger partial charge < -0.3 is 9.84 Å². The van der Waals surface area contributed by atoms with E-state index < -0.39 is 0 Å². The molecule has 3 rings (SSSR count). The summed E-state index contributed by atoms with van der Waals surface area (Å²) in [5.74, 6) is 2.17. The molecule has 1 atom stereocenters. The first-order valence-electron chi connectivity index (χ1n) is 7.67. The summed E-state index contributed by atoms with van der Waals surface area (Å²) >= 11 is 0. The number of aliphatic hydroxyl groups excluding tert-OH is 1. The second-order valence-corrected chi connectivity index (χ2v) is 6.35. The number of rotatable bonds is 4. The normalized spacial score (nSPS) is 28.9. The third kappa shape index (κ3) is 3.30. The van der Waals surface area contributed by atoms with Crippen molar-refractivity contribution in [3.8, 4) is 5.75 Å². The van der Waals surface area contributed by atoms with E-state index in [2.05, 4.69) is 6.92 Å². The van der Waals surface area contributed by atoms with E-state index in [1.165, 1.54) is 25.7 Å². The summed E-state index contributed by atoms with van der Waals surface area (Å²) in [6.45, 7) is 2.31. The van der Waals surface area contributed by atoms with Gasteiger partial charge in [0.05, 0.1) is 12.2 Å². The average Bonchev–Trinajstić information content (AvgIpc) is 3.23. The lowest BCUT2D eigenvalue weighted by molar-refractivity contribution is 0.0753. The molecule has 1 aromatic rings.